The number of benzene rings is 2. The number of rotatable bonds is 4. The fraction of sp³-hybridized carbons (Fsp3) is 0.300. The largest absolute Gasteiger partial charge is 0.332 e. The first kappa shape index (κ1) is 23.0. The van der Waals surface area contributed by atoms with Crippen LogP contribution in [0.15, 0.2) is 47.4 Å². The van der Waals surface area contributed by atoms with Gasteiger partial charge in [0.05, 0.1) is 15.5 Å². The Morgan fingerprint density at radius 3 is 2.33 bits per heavy atom. The summed E-state index contributed by atoms with van der Waals surface area (Å²) in [5.74, 6) is 0.0645. The number of hydrogen-bond acceptors (Lipinski definition) is 4. The van der Waals surface area contributed by atoms with Gasteiger partial charge in [-0.15, -0.1) is 0 Å². The minimum absolute atomic E-state index is 0.0617. The standard InChI is InChI=1S/C20H21Cl2N3O3S2/c1-13-8-10-25(11-9-13)30(27,28)16-5-3-15(4-6-16)23-20(29)24-19(26)17-7-2-14(21)12-18(17)22/h2-7,12-13H,8-11H2,1H3,(H2,23,24,26,29). The van der Waals surface area contributed by atoms with Gasteiger partial charge in [-0.3, -0.25) is 10.1 Å². The van der Waals surface area contributed by atoms with Crippen LogP contribution in [0.5, 0.6) is 0 Å². The average Bonchev–Trinajstić information content (AvgIpc) is 2.68. The third-order valence-corrected chi connectivity index (χ3v) is 7.56. The molecule has 2 aromatic rings. The van der Waals surface area contributed by atoms with Gasteiger partial charge in [-0.1, -0.05) is 30.1 Å². The van der Waals surface area contributed by atoms with E-state index in [2.05, 4.69) is 17.6 Å². The molecule has 0 saturated carbocycles. The van der Waals surface area contributed by atoms with Gasteiger partial charge >= 0.3 is 0 Å². The maximum Gasteiger partial charge on any atom is 0.258 e. The summed E-state index contributed by atoms with van der Waals surface area (Å²) in [6.45, 7) is 3.20. The maximum atomic E-state index is 12.8. The van der Waals surface area contributed by atoms with Crippen LogP contribution in [-0.2, 0) is 10.0 Å². The molecule has 2 N–H and O–H groups in total. The molecule has 0 spiro atoms. The van der Waals surface area contributed by atoms with Crippen molar-refractivity contribution < 1.29 is 13.2 Å². The fourth-order valence-corrected chi connectivity index (χ4v) is 5.27. The quantitative estimate of drug-likeness (QED) is 0.621. The van der Waals surface area contributed by atoms with Gasteiger partial charge in [0.15, 0.2) is 5.11 Å². The zero-order valence-corrected chi connectivity index (χ0v) is 19.3. The van der Waals surface area contributed by atoms with Gasteiger partial charge in [-0.05, 0) is 73.4 Å². The summed E-state index contributed by atoms with van der Waals surface area (Å²) in [5, 5.41) is 6.09. The number of thiocarbonyl (C=S) groups is 1. The number of sulfonamides is 1. The summed E-state index contributed by atoms with van der Waals surface area (Å²) in [6, 6.07) is 10.8. The number of carbonyl (C=O) groups excluding carboxylic acids is 1. The maximum absolute atomic E-state index is 12.8. The van der Waals surface area contributed by atoms with E-state index in [9.17, 15) is 13.2 Å². The number of anilines is 1. The number of nitrogens with zero attached hydrogens (tertiary/aromatic N) is 1. The zero-order chi connectivity index (χ0) is 21.9. The zero-order valence-electron chi connectivity index (χ0n) is 16.2. The lowest BCUT2D eigenvalue weighted by molar-refractivity contribution is 0.0978. The second kappa shape index (κ2) is 9.62. The molecule has 6 nitrogen and oxygen atoms in total. The van der Waals surface area contributed by atoms with Crippen molar-refractivity contribution in [3.05, 3.63) is 58.1 Å². The fourth-order valence-electron chi connectivity index (χ4n) is 3.09. The van der Waals surface area contributed by atoms with Crippen molar-refractivity contribution >= 4 is 62.2 Å². The predicted octanol–water partition coefficient (Wildman–Crippen LogP) is 4.54. The first-order chi connectivity index (χ1) is 14.2. The lowest BCUT2D eigenvalue weighted by Crippen LogP contribution is -2.37. The minimum Gasteiger partial charge on any atom is -0.332 e. The highest BCUT2D eigenvalue weighted by atomic mass is 35.5. The highest BCUT2D eigenvalue weighted by molar-refractivity contribution is 7.89. The Kier molecular flexibility index (Phi) is 7.36. The molecule has 0 aliphatic carbocycles. The Bertz CT molecular complexity index is 1050. The highest BCUT2D eigenvalue weighted by Crippen LogP contribution is 2.24. The van der Waals surface area contributed by atoms with Crippen molar-refractivity contribution in [2.45, 2.75) is 24.7 Å². The van der Waals surface area contributed by atoms with Crippen molar-refractivity contribution in [3.63, 3.8) is 0 Å². The summed E-state index contributed by atoms with van der Waals surface area (Å²) in [6.07, 6.45) is 1.73. The molecule has 0 radical (unpaired) electrons. The van der Waals surface area contributed by atoms with Gasteiger partial charge < -0.3 is 5.32 Å². The smallest absolute Gasteiger partial charge is 0.258 e. The average molecular weight is 486 g/mol. The Balaban J connectivity index is 1.62. The van der Waals surface area contributed by atoms with E-state index in [-0.39, 0.29) is 20.6 Å². The van der Waals surface area contributed by atoms with Crippen molar-refractivity contribution in [1.82, 2.24) is 9.62 Å². The van der Waals surface area contributed by atoms with E-state index < -0.39 is 15.9 Å². The van der Waals surface area contributed by atoms with E-state index in [4.69, 9.17) is 35.4 Å². The first-order valence-electron chi connectivity index (χ1n) is 9.34. The van der Waals surface area contributed by atoms with Crippen LogP contribution in [0, 0.1) is 5.92 Å². The second-order valence-corrected chi connectivity index (χ2v) is 10.3. The van der Waals surface area contributed by atoms with E-state index in [1.54, 1.807) is 18.2 Å². The van der Waals surface area contributed by atoms with Gasteiger partial charge in [0.1, 0.15) is 0 Å². The molecular weight excluding hydrogens is 465 g/mol. The number of nitrogens with one attached hydrogen (secondary N) is 2. The van der Waals surface area contributed by atoms with Crippen molar-refractivity contribution in [2.75, 3.05) is 18.4 Å². The van der Waals surface area contributed by atoms with Gasteiger partial charge in [0, 0.05) is 23.8 Å². The Morgan fingerprint density at radius 2 is 1.73 bits per heavy atom. The van der Waals surface area contributed by atoms with E-state index in [1.165, 1.54) is 28.6 Å². The summed E-state index contributed by atoms with van der Waals surface area (Å²) in [4.78, 5) is 12.5. The Morgan fingerprint density at radius 1 is 1.10 bits per heavy atom. The van der Waals surface area contributed by atoms with Crippen LogP contribution in [0.2, 0.25) is 10.0 Å². The lowest BCUT2D eigenvalue weighted by Gasteiger charge is -2.29. The van der Waals surface area contributed by atoms with Crippen molar-refractivity contribution in [1.29, 1.82) is 0 Å². The van der Waals surface area contributed by atoms with E-state index in [0.717, 1.165) is 12.8 Å². The highest BCUT2D eigenvalue weighted by Gasteiger charge is 2.27. The van der Waals surface area contributed by atoms with Gasteiger partial charge in [0.2, 0.25) is 10.0 Å². The van der Waals surface area contributed by atoms with Crippen molar-refractivity contribution in [3.8, 4) is 0 Å². The molecule has 2 aromatic carbocycles. The van der Waals surface area contributed by atoms with Gasteiger partial charge in [0.25, 0.3) is 5.91 Å². The summed E-state index contributed by atoms with van der Waals surface area (Å²) < 4.78 is 27.1. The normalized spacial score (nSPS) is 15.6. The number of halogens is 2. The molecule has 0 unspecified atom stereocenters. The monoisotopic (exact) mass is 485 g/mol. The van der Waals surface area contributed by atoms with Crippen molar-refractivity contribution in [2.24, 2.45) is 5.92 Å². The van der Waals surface area contributed by atoms with Crippen LogP contribution in [0.3, 0.4) is 0 Å². The number of carbonyl (C=O) groups is 1. The molecule has 0 aromatic heterocycles. The molecule has 0 atom stereocenters. The van der Waals surface area contributed by atoms with Gasteiger partial charge in [-0.2, -0.15) is 4.31 Å². The molecule has 1 amide bonds. The van der Waals surface area contributed by atoms with Crippen LogP contribution in [0.1, 0.15) is 30.1 Å². The predicted molar refractivity (Wildman–Crippen MR) is 124 cm³/mol. The van der Waals surface area contributed by atoms with Gasteiger partial charge in [-0.25, -0.2) is 8.42 Å². The molecule has 30 heavy (non-hydrogen) atoms. The molecule has 0 bridgehead atoms. The van der Waals surface area contributed by atoms with Crippen LogP contribution >= 0.6 is 35.4 Å². The van der Waals surface area contributed by atoms with Crippen LogP contribution < -0.4 is 10.6 Å². The lowest BCUT2D eigenvalue weighted by atomic mass is 10.0. The van der Waals surface area contributed by atoms with Crippen LogP contribution in [0.25, 0.3) is 0 Å². The third kappa shape index (κ3) is 5.50. The molecule has 10 heteroatoms. The van der Waals surface area contributed by atoms with E-state index in [1.807, 2.05) is 0 Å². The third-order valence-electron chi connectivity index (χ3n) is 4.90. The number of hydrogen-bond donors (Lipinski definition) is 2. The molecule has 160 valence electrons. The molecule has 1 saturated heterocycles. The SMILES string of the molecule is CC1CCN(S(=O)(=O)c2ccc(NC(=S)NC(=O)c3ccc(Cl)cc3Cl)cc2)CC1. The molecule has 1 heterocycles. The number of amides is 1. The van der Waals surface area contributed by atoms with Crippen LogP contribution in [-0.4, -0.2) is 36.8 Å². The summed E-state index contributed by atoms with van der Waals surface area (Å²) >= 11 is 17.0. The second-order valence-electron chi connectivity index (χ2n) is 7.14. The minimum atomic E-state index is -3.52. The van der Waals surface area contributed by atoms with Crippen LogP contribution in [0.4, 0.5) is 5.69 Å². The first-order valence-corrected chi connectivity index (χ1v) is 11.9. The molecule has 1 aliphatic heterocycles. The van der Waals surface area contributed by atoms with E-state index in [0.29, 0.717) is 29.7 Å². The van der Waals surface area contributed by atoms with E-state index >= 15 is 0 Å². The molecule has 1 aliphatic rings. The summed E-state index contributed by atoms with van der Waals surface area (Å²) in [7, 11) is -3.52. The Labute approximate surface area is 191 Å². The Hall–Kier alpha value is -1.71. The molecular formula is C20H21Cl2N3O3S2. The number of piperidine rings is 1. The molecule has 1 fully saturated rings. The summed E-state index contributed by atoms with van der Waals surface area (Å²) in [5.41, 5.74) is 0.788. The molecule has 3 rings (SSSR count). The topological polar surface area (TPSA) is 78.5 Å².